The molecule has 2 aromatic rings. The second-order valence-corrected chi connectivity index (χ2v) is 5.71. The van der Waals surface area contributed by atoms with E-state index in [9.17, 15) is 4.39 Å². The molecular weight excluding hydrogens is 359 g/mol. The highest BCUT2D eigenvalue weighted by Crippen LogP contribution is 2.31. The number of hydrogen-bond donors (Lipinski definition) is 1. The van der Waals surface area contributed by atoms with Crippen molar-refractivity contribution in [1.29, 1.82) is 0 Å². The lowest BCUT2D eigenvalue weighted by Crippen LogP contribution is -2.03. The van der Waals surface area contributed by atoms with Crippen LogP contribution in [0.5, 0.6) is 5.75 Å². The van der Waals surface area contributed by atoms with Crippen molar-refractivity contribution in [3.63, 3.8) is 0 Å². The van der Waals surface area contributed by atoms with E-state index in [0.29, 0.717) is 10.2 Å². The SMILES string of the molecule is CCCNc1ccnc(COc2cc(F)c(Cl)cc2Br)c1. The first-order valence-electron chi connectivity index (χ1n) is 6.56. The monoisotopic (exact) mass is 372 g/mol. The standard InChI is InChI=1S/C15H15BrClFN2O/c1-2-4-19-10-3-5-20-11(6-10)9-21-15-8-14(18)13(17)7-12(15)16/h3,5-8H,2,4,9H2,1H3,(H,19,20). The molecule has 2 rings (SSSR count). The van der Waals surface area contributed by atoms with Gasteiger partial charge in [0.05, 0.1) is 15.2 Å². The lowest BCUT2D eigenvalue weighted by molar-refractivity contribution is 0.298. The zero-order chi connectivity index (χ0) is 15.2. The van der Waals surface area contributed by atoms with Crippen molar-refractivity contribution in [2.24, 2.45) is 0 Å². The number of halogens is 3. The fraction of sp³-hybridized carbons (Fsp3) is 0.267. The van der Waals surface area contributed by atoms with Crippen LogP contribution in [0.1, 0.15) is 19.0 Å². The van der Waals surface area contributed by atoms with Crippen molar-refractivity contribution in [3.05, 3.63) is 51.5 Å². The summed E-state index contributed by atoms with van der Waals surface area (Å²) in [4.78, 5) is 4.23. The summed E-state index contributed by atoms with van der Waals surface area (Å²) in [6, 6.07) is 6.54. The van der Waals surface area contributed by atoms with Crippen molar-refractivity contribution in [2.75, 3.05) is 11.9 Å². The summed E-state index contributed by atoms with van der Waals surface area (Å²) >= 11 is 8.99. The summed E-state index contributed by atoms with van der Waals surface area (Å²) < 4.78 is 19.6. The normalized spacial score (nSPS) is 10.5. The van der Waals surface area contributed by atoms with Gasteiger partial charge in [-0.15, -0.1) is 0 Å². The van der Waals surface area contributed by atoms with Gasteiger partial charge in [-0.2, -0.15) is 0 Å². The minimum Gasteiger partial charge on any atom is -0.486 e. The molecule has 0 atom stereocenters. The van der Waals surface area contributed by atoms with Gasteiger partial charge in [0.15, 0.2) is 0 Å². The van der Waals surface area contributed by atoms with Crippen molar-refractivity contribution in [1.82, 2.24) is 4.98 Å². The summed E-state index contributed by atoms with van der Waals surface area (Å²) in [5.41, 5.74) is 1.75. The Balaban J connectivity index is 2.04. The average Bonchev–Trinajstić information content (AvgIpc) is 2.48. The quantitative estimate of drug-likeness (QED) is 0.721. The van der Waals surface area contributed by atoms with E-state index in [1.165, 1.54) is 12.1 Å². The highest BCUT2D eigenvalue weighted by molar-refractivity contribution is 9.10. The van der Waals surface area contributed by atoms with Crippen LogP contribution in [0.4, 0.5) is 10.1 Å². The zero-order valence-electron chi connectivity index (χ0n) is 11.5. The largest absolute Gasteiger partial charge is 0.486 e. The molecule has 0 aliphatic rings. The van der Waals surface area contributed by atoms with E-state index in [1.807, 2.05) is 12.1 Å². The summed E-state index contributed by atoms with van der Waals surface area (Å²) in [6.07, 6.45) is 2.76. The maximum absolute atomic E-state index is 13.4. The van der Waals surface area contributed by atoms with Crippen LogP contribution in [0.15, 0.2) is 34.9 Å². The molecule has 0 saturated heterocycles. The Morgan fingerprint density at radius 2 is 2.19 bits per heavy atom. The molecule has 1 aromatic carbocycles. The van der Waals surface area contributed by atoms with Gasteiger partial charge in [-0.05, 0) is 40.5 Å². The molecule has 112 valence electrons. The highest BCUT2D eigenvalue weighted by atomic mass is 79.9. The molecule has 0 aliphatic carbocycles. The first-order valence-corrected chi connectivity index (χ1v) is 7.73. The van der Waals surface area contributed by atoms with Crippen LogP contribution in [0.3, 0.4) is 0 Å². The molecule has 0 bridgehead atoms. The topological polar surface area (TPSA) is 34.2 Å². The van der Waals surface area contributed by atoms with E-state index >= 15 is 0 Å². The van der Waals surface area contributed by atoms with Gasteiger partial charge in [-0.1, -0.05) is 18.5 Å². The van der Waals surface area contributed by atoms with Crippen LogP contribution in [0.25, 0.3) is 0 Å². The van der Waals surface area contributed by atoms with Gasteiger partial charge in [-0.3, -0.25) is 4.98 Å². The summed E-state index contributed by atoms with van der Waals surface area (Å²) in [5, 5.41) is 3.33. The van der Waals surface area contributed by atoms with Crippen molar-refractivity contribution in [3.8, 4) is 5.75 Å². The molecule has 1 N–H and O–H groups in total. The van der Waals surface area contributed by atoms with Crippen molar-refractivity contribution in [2.45, 2.75) is 20.0 Å². The van der Waals surface area contributed by atoms with E-state index in [4.69, 9.17) is 16.3 Å². The van der Waals surface area contributed by atoms with Crippen LogP contribution in [-0.2, 0) is 6.61 Å². The Morgan fingerprint density at radius 3 is 2.95 bits per heavy atom. The second kappa shape index (κ2) is 7.61. The smallest absolute Gasteiger partial charge is 0.145 e. The van der Waals surface area contributed by atoms with E-state index in [0.717, 1.165) is 24.3 Å². The Hall–Kier alpha value is -1.33. The number of rotatable bonds is 6. The van der Waals surface area contributed by atoms with Gasteiger partial charge in [-0.25, -0.2) is 4.39 Å². The third kappa shape index (κ3) is 4.58. The molecule has 21 heavy (non-hydrogen) atoms. The Labute approximate surface area is 136 Å². The lowest BCUT2D eigenvalue weighted by atomic mass is 10.3. The Kier molecular flexibility index (Phi) is 5.82. The molecule has 0 amide bonds. The molecule has 0 unspecified atom stereocenters. The lowest BCUT2D eigenvalue weighted by Gasteiger charge is -2.10. The number of nitrogens with one attached hydrogen (secondary N) is 1. The summed E-state index contributed by atoms with van der Waals surface area (Å²) in [7, 11) is 0. The van der Waals surface area contributed by atoms with Crippen LogP contribution < -0.4 is 10.1 Å². The number of nitrogens with zero attached hydrogens (tertiary/aromatic N) is 1. The zero-order valence-corrected chi connectivity index (χ0v) is 13.8. The predicted octanol–water partition coefficient (Wildman–Crippen LogP) is 5.04. The molecule has 1 aromatic heterocycles. The maximum Gasteiger partial charge on any atom is 0.145 e. The van der Waals surface area contributed by atoms with E-state index in [-0.39, 0.29) is 11.6 Å². The summed E-state index contributed by atoms with van der Waals surface area (Å²) in [5.74, 6) is -0.119. The number of pyridine rings is 1. The molecular formula is C15H15BrClFN2O. The van der Waals surface area contributed by atoms with Gasteiger partial charge >= 0.3 is 0 Å². The second-order valence-electron chi connectivity index (χ2n) is 4.45. The van der Waals surface area contributed by atoms with Crippen molar-refractivity contribution >= 4 is 33.2 Å². The fourth-order valence-electron chi connectivity index (χ4n) is 1.70. The molecule has 0 aliphatic heterocycles. The van der Waals surface area contributed by atoms with Gasteiger partial charge in [0.25, 0.3) is 0 Å². The van der Waals surface area contributed by atoms with Crippen LogP contribution in [0.2, 0.25) is 5.02 Å². The maximum atomic E-state index is 13.4. The molecule has 3 nitrogen and oxygen atoms in total. The first kappa shape index (κ1) is 16.0. The Morgan fingerprint density at radius 1 is 1.38 bits per heavy atom. The number of aromatic nitrogens is 1. The van der Waals surface area contributed by atoms with Gasteiger partial charge in [0.2, 0.25) is 0 Å². The third-order valence-corrected chi connectivity index (χ3v) is 3.66. The highest BCUT2D eigenvalue weighted by Gasteiger charge is 2.08. The third-order valence-electron chi connectivity index (χ3n) is 2.75. The van der Waals surface area contributed by atoms with Gasteiger partial charge in [0.1, 0.15) is 18.2 Å². The molecule has 0 radical (unpaired) electrons. The van der Waals surface area contributed by atoms with Crippen LogP contribution >= 0.6 is 27.5 Å². The number of hydrogen-bond acceptors (Lipinski definition) is 3. The predicted molar refractivity (Wildman–Crippen MR) is 86.5 cm³/mol. The Bertz CT molecular complexity index is 625. The average molecular weight is 374 g/mol. The molecule has 1 heterocycles. The van der Waals surface area contributed by atoms with Gasteiger partial charge in [0, 0.05) is 24.5 Å². The number of ether oxygens (including phenoxy) is 1. The summed E-state index contributed by atoms with van der Waals surface area (Å²) in [6.45, 7) is 3.25. The molecule has 0 fully saturated rings. The van der Waals surface area contributed by atoms with Gasteiger partial charge < -0.3 is 10.1 Å². The minimum absolute atomic E-state index is 0.0538. The number of benzene rings is 1. The van der Waals surface area contributed by atoms with E-state index in [1.54, 1.807) is 6.20 Å². The van der Waals surface area contributed by atoms with E-state index < -0.39 is 5.82 Å². The fourth-order valence-corrected chi connectivity index (χ4v) is 2.46. The minimum atomic E-state index is -0.513. The first-order chi connectivity index (χ1) is 10.1. The molecule has 6 heteroatoms. The van der Waals surface area contributed by atoms with Crippen LogP contribution in [0, 0.1) is 5.82 Å². The van der Waals surface area contributed by atoms with E-state index in [2.05, 4.69) is 33.2 Å². The number of anilines is 1. The van der Waals surface area contributed by atoms with Crippen LogP contribution in [-0.4, -0.2) is 11.5 Å². The van der Waals surface area contributed by atoms with Crippen molar-refractivity contribution < 1.29 is 9.13 Å². The molecule has 0 saturated carbocycles. The molecule has 0 spiro atoms.